The Hall–Kier alpha value is -3.52. The Morgan fingerprint density at radius 1 is 1.18 bits per heavy atom. The SMILES string of the molecule is CCn1c(=O)c(=O)[nH]c2cc(C(=O)Nc3ccc(-c4nccs4)cc3)ccc21. The zero-order valence-electron chi connectivity index (χ0n) is 14.9. The van der Waals surface area contributed by atoms with Crippen molar-refractivity contribution in [2.24, 2.45) is 0 Å². The molecule has 0 aliphatic rings. The van der Waals surface area contributed by atoms with Crippen molar-refractivity contribution >= 4 is 34.0 Å². The molecule has 2 N–H and O–H groups in total. The molecule has 140 valence electrons. The van der Waals surface area contributed by atoms with E-state index < -0.39 is 11.1 Å². The van der Waals surface area contributed by atoms with Crippen LogP contribution in [-0.4, -0.2) is 20.4 Å². The van der Waals surface area contributed by atoms with Crippen LogP contribution >= 0.6 is 11.3 Å². The zero-order chi connectivity index (χ0) is 19.7. The number of hydrogen-bond donors (Lipinski definition) is 2. The van der Waals surface area contributed by atoms with Crippen molar-refractivity contribution in [2.75, 3.05) is 5.32 Å². The average molecular weight is 392 g/mol. The van der Waals surface area contributed by atoms with Crippen LogP contribution in [0.25, 0.3) is 21.6 Å². The average Bonchev–Trinajstić information content (AvgIpc) is 3.24. The van der Waals surface area contributed by atoms with E-state index in [0.717, 1.165) is 10.6 Å². The summed E-state index contributed by atoms with van der Waals surface area (Å²) in [5.74, 6) is -0.306. The first kappa shape index (κ1) is 17.9. The van der Waals surface area contributed by atoms with Gasteiger partial charge in [0.15, 0.2) is 0 Å². The first-order chi connectivity index (χ1) is 13.6. The number of carbonyl (C=O) groups is 1. The van der Waals surface area contributed by atoms with Gasteiger partial charge in [0, 0.05) is 34.9 Å². The van der Waals surface area contributed by atoms with Gasteiger partial charge >= 0.3 is 11.1 Å². The number of rotatable bonds is 4. The number of thiazole rings is 1. The predicted molar refractivity (Wildman–Crippen MR) is 110 cm³/mol. The van der Waals surface area contributed by atoms with E-state index in [1.165, 1.54) is 4.57 Å². The van der Waals surface area contributed by atoms with Gasteiger partial charge in [0.2, 0.25) is 0 Å². The van der Waals surface area contributed by atoms with Gasteiger partial charge in [-0.3, -0.25) is 14.4 Å². The van der Waals surface area contributed by atoms with Gasteiger partial charge in [-0.2, -0.15) is 0 Å². The Labute approximate surface area is 163 Å². The number of nitrogens with one attached hydrogen (secondary N) is 2. The van der Waals surface area contributed by atoms with Crippen molar-refractivity contribution in [3.05, 3.63) is 80.3 Å². The Morgan fingerprint density at radius 2 is 1.96 bits per heavy atom. The normalized spacial score (nSPS) is 10.9. The second-order valence-corrected chi connectivity index (χ2v) is 7.00. The number of nitrogens with zero attached hydrogens (tertiary/aromatic N) is 2. The van der Waals surface area contributed by atoms with Gasteiger partial charge in [-0.25, -0.2) is 4.98 Å². The lowest BCUT2D eigenvalue weighted by molar-refractivity contribution is 0.102. The zero-order valence-corrected chi connectivity index (χ0v) is 15.7. The maximum atomic E-state index is 12.6. The molecule has 0 spiro atoms. The van der Waals surface area contributed by atoms with Crippen LogP contribution in [-0.2, 0) is 6.54 Å². The molecule has 2 aromatic carbocycles. The number of carbonyl (C=O) groups excluding carboxylic acids is 1. The summed E-state index contributed by atoms with van der Waals surface area (Å²) in [6, 6.07) is 12.3. The van der Waals surface area contributed by atoms with Crippen molar-refractivity contribution in [3.63, 3.8) is 0 Å². The number of aromatic nitrogens is 3. The topological polar surface area (TPSA) is 96.9 Å². The molecular weight excluding hydrogens is 376 g/mol. The monoisotopic (exact) mass is 392 g/mol. The predicted octanol–water partition coefficient (Wildman–Crippen LogP) is 3.09. The highest BCUT2D eigenvalue weighted by molar-refractivity contribution is 7.13. The molecule has 2 aromatic heterocycles. The van der Waals surface area contributed by atoms with Gasteiger partial charge in [-0.15, -0.1) is 11.3 Å². The highest BCUT2D eigenvalue weighted by Crippen LogP contribution is 2.23. The highest BCUT2D eigenvalue weighted by Gasteiger charge is 2.11. The Morgan fingerprint density at radius 3 is 2.64 bits per heavy atom. The quantitative estimate of drug-likeness (QED) is 0.522. The molecule has 0 fully saturated rings. The van der Waals surface area contributed by atoms with Crippen molar-refractivity contribution in [2.45, 2.75) is 13.5 Å². The summed E-state index contributed by atoms with van der Waals surface area (Å²) in [5.41, 5.74) is 1.73. The molecule has 0 aliphatic heterocycles. The minimum Gasteiger partial charge on any atom is -0.322 e. The van der Waals surface area contributed by atoms with Crippen molar-refractivity contribution in [1.82, 2.24) is 14.5 Å². The van der Waals surface area contributed by atoms with E-state index in [2.05, 4.69) is 15.3 Å². The van der Waals surface area contributed by atoms with Crippen LogP contribution < -0.4 is 16.4 Å². The van der Waals surface area contributed by atoms with Gasteiger partial charge in [0.25, 0.3) is 5.91 Å². The fraction of sp³-hybridized carbons (Fsp3) is 0.100. The number of anilines is 1. The van der Waals surface area contributed by atoms with E-state index in [4.69, 9.17) is 0 Å². The van der Waals surface area contributed by atoms with Crippen LogP contribution in [0.3, 0.4) is 0 Å². The van der Waals surface area contributed by atoms with Crippen molar-refractivity contribution in [3.8, 4) is 10.6 Å². The van der Waals surface area contributed by atoms with E-state index in [0.29, 0.717) is 28.8 Å². The second-order valence-electron chi connectivity index (χ2n) is 6.10. The van der Waals surface area contributed by atoms with Crippen LogP contribution in [0, 0.1) is 0 Å². The van der Waals surface area contributed by atoms with Crippen LogP contribution in [0.2, 0.25) is 0 Å². The van der Waals surface area contributed by atoms with Crippen LogP contribution in [0.4, 0.5) is 5.69 Å². The maximum Gasteiger partial charge on any atom is 0.316 e. The minimum atomic E-state index is -0.704. The summed E-state index contributed by atoms with van der Waals surface area (Å²) in [6.07, 6.45) is 1.75. The van der Waals surface area contributed by atoms with Gasteiger partial charge in [0.1, 0.15) is 5.01 Å². The van der Waals surface area contributed by atoms with Gasteiger partial charge in [-0.1, -0.05) is 0 Å². The molecule has 1 amide bonds. The molecule has 4 rings (SSSR count). The van der Waals surface area contributed by atoms with Crippen LogP contribution in [0.1, 0.15) is 17.3 Å². The van der Waals surface area contributed by atoms with Crippen LogP contribution in [0.5, 0.6) is 0 Å². The number of H-pyrrole nitrogens is 1. The molecular formula is C20H16N4O3S. The van der Waals surface area contributed by atoms with Crippen LogP contribution in [0.15, 0.2) is 63.6 Å². The third kappa shape index (κ3) is 3.25. The van der Waals surface area contributed by atoms with Gasteiger partial charge in [0.05, 0.1) is 11.0 Å². The molecule has 28 heavy (non-hydrogen) atoms. The second kappa shape index (κ2) is 7.24. The number of fused-ring (bicyclic) bond motifs is 1. The first-order valence-electron chi connectivity index (χ1n) is 8.65. The molecule has 0 saturated heterocycles. The maximum absolute atomic E-state index is 12.6. The van der Waals surface area contributed by atoms with E-state index in [1.807, 2.05) is 29.6 Å². The first-order valence-corrected chi connectivity index (χ1v) is 9.53. The summed E-state index contributed by atoms with van der Waals surface area (Å²) in [5, 5.41) is 5.66. The summed E-state index contributed by atoms with van der Waals surface area (Å²) in [4.78, 5) is 43.1. The Bertz CT molecular complexity index is 1270. The minimum absolute atomic E-state index is 0.306. The number of amides is 1. The van der Waals surface area contributed by atoms with E-state index in [-0.39, 0.29) is 5.91 Å². The summed E-state index contributed by atoms with van der Waals surface area (Å²) < 4.78 is 1.38. The molecule has 2 heterocycles. The summed E-state index contributed by atoms with van der Waals surface area (Å²) >= 11 is 1.55. The summed E-state index contributed by atoms with van der Waals surface area (Å²) in [7, 11) is 0. The van der Waals surface area contributed by atoms with E-state index >= 15 is 0 Å². The number of aromatic amines is 1. The van der Waals surface area contributed by atoms with Gasteiger partial charge < -0.3 is 14.9 Å². The largest absolute Gasteiger partial charge is 0.322 e. The lowest BCUT2D eigenvalue weighted by atomic mass is 10.1. The van der Waals surface area contributed by atoms with E-state index in [1.54, 1.807) is 42.7 Å². The molecule has 0 unspecified atom stereocenters. The molecule has 0 atom stereocenters. The summed E-state index contributed by atoms with van der Waals surface area (Å²) in [6.45, 7) is 2.16. The fourth-order valence-corrected chi connectivity index (χ4v) is 3.64. The van der Waals surface area contributed by atoms with Crippen molar-refractivity contribution < 1.29 is 4.79 Å². The molecule has 4 aromatic rings. The number of aryl methyl sites for hydroxylation is 1. The standard InChI is InChI=1S/C20H16N4O3S/c1-2-24-16-8-5-13(11-15(16)23-18(26)20(24)27)17(25)22-14-6-3-12(4-7-14)19-21-9-10-28-19/h3-11H,2H2,1H3,(H,22,25)(H,23,26). The third-order valence-corrected chi connectivity index (χ3v) is 5.20. The molecule has 0 radical (unpaired) electrons. The highest BCUT2D eigenvalue weighted by atomic mass is 32.1. The lowest BCUT2D eigenvalue weighted by Crippen LogP contribution is -2.36. The molecule has 7 nitrogen and oxygen atoms in total. The smallest absolute Gasteiger partial charge is 0.316 e. The molecule has 8 heteroatoms. The molecule has 0 aliphatic carbocycles. The fourth-order valence-electron chi connectivity index (χ4n) is 3.00. The third-order valence-electron chi connectivity index (χ3n) is 4.38. The number of hydrogen-bond acceptors (Lipinski definition) is 5. The van der Waals surface area contributed by atoms with Gasteiger partial charge in [-0.05, 0) is 49.4 Å². The number of benzene rings is 2. The van der Waals surface area contributed by atoms with Crippen molar-refractivity contribution in [1.29, 1.82) is 0 Å². The Kier molecular flexibility index (Phi) is 4.62. The Balaban J connectivity index is 1.61. The molecule has 0 saturated carbocycles. The lowest BCUT2D eigenvalue weighted by Gasteiger charge is -2.09. The van der Waals surface area contributed by atoms with E-state index in [9.17, 15) is 14.4 Å². The molecule has 0 bridgehead atoms.